The molecule has 0 aliphatic carbocycles. The number of hydrogen-bond donors (Lipinski definition) is 0. The summed E-state index contributed by atoms with van der Waals surface area (Å²) in [4.78, 5) is 28.0. The van der Waals surface area contributed by atoms with Crippen LogP contribution in [0.2, 0.25) is 4.34 Å². The Balaban J connectivity index is 2.23. The van der Waals surface area contributed by atoms with Crippen LogP contribution in [-0.4, -0.2) is 22.5 Å². The first-order chi connectivity index (χ1) is 11.9. The molecular formula is C15H12ClN3O4S2. The Morgan fingerprint density at radius 2 is 2.16 bits per heavy atom. The number of fused-ring (bicyclic) bond motifs is 1. The van der Waals surface area contributed by atoms with E-state index in [0.29, 0.717) is 36.5 Å². The highest BCUT2D eigenvalue weighted by molar-refractivity contribution is 7.18. The lowest BCUT2D eigenvalue weighted by atomic mass is 10.2. The van der Waals surface area contributed by atoms with Crippen LogP contribution in [0.15, 0.2) is 29.3 Å². The molecule has 0 atom stereocenters. The number of aromatic nitrogens is 1. The average Bonchev–Trinajstić information content (AvgIpc) is 3.16. The number of non-ortho nitro benzene ring substituents is 1. The molecule has 2 heterocycles. The topological polar surface area (TPSA) is 86.7 Å². The Morgan fingerprint density at radius 3 is 2.72 bits per heavy atom. The number of halogens is 1. The predicted octanol–water partition coefficient (Wildman–Crippen LogP) is 4.10. The largest absolute Gasteiger partial charge is 0.494 e. The maximum atomic E-state index is 12.3. The summed E-state index contributed by atoms with van der Waals surface area (Å²) in [5.74, 6) is -0.0329. The number of ether oxygens (including phenoxy) is 1. The highest BCUT2D eigenvalue weighted by Crippen LogP contribution is 2.32. The van der Waals surface area contributed by atoms with Crippen molar-refractivity contribution >= 4 is 56.1 Å². The van der Waals surface area contributed by atoms with E-state index >= 15 is 0 Å². The SMILES string of the molecule is CCn1c(=NC(=O)c2ccc(Cl)s2)sc2cc([N+](=O)[O-])cc(OC)c21. The highest BCUT2D eigenvalue weighted by atomic mass is 35.5. The van der Waals surface area contributed by atoms with E-state index in [4.69, 9.17) is 16.3 Å². The lowest BCUT2D eigenvalue weighted by Gasteiger charge is -2.06. The van der Waals surface area contributed by atoms with Crippen LogP contribution in [0.3, 0.4) is 0 Å². The highest BCUT2D eigenvalue weighted by Gasteiger charge is 2.18. The van der Waals surface area contributed by atoms with Gasteiger partial charge in [0.1, 0.15) is 5.52 Å². The number of rotatable bonds is 4. The summed E-state index contributed by atoms with van der Waals surface area (Å²) in [6.45, 7) is 2.43. The third kappa shape index (κ3) is 3.30. The van der Waals surface area contributed by atoms with Gasteiger partial charge in [-0.2, -0.15) is 4.99 Å². The number of aryl methyl sites for hydroxylation is 1. The molecule has 3 aromatic rings. The lowest BCUT2D eigenvalue weighted by Crippen LogP contribution is -2.16. The monoisotopic (exact) mass is 397 g/mol. The second-order valence-corrected chi connectivity index (χ2v) is 7.63. The summed E-state index contributed by atoms with van der Waals surface area (Å²) in [5, 5.41) is 11.1. The molecule has 3 rings (SSSR count). The number of nitro groups is 1. The molecule has 7 nitrogen and oxygen atoms in total. The van der Waals surface area contributed by atoms with Gasteiger partial charge in [-0.1, -0.05) is 22.9 Å². The summed E-state index contributed by atoms with van der Waals surface area (Å²) in [6.07, 6.45) is 0. The second-order valence-electron chi connectivity index (χ2n) is 4.90. The van der Waals surface area contributed by atoms with Gasteiger partial charge in [0.15, 0.2) is 10.6 Å². The van der Waals surface area contributed by atoms with Crippen LogP contribution >= 0.6 is 34.3 Å². The number of carbonyl (C=O) groups is 1. The molecule has 1 amide bonds. The van der Waals surface area contributed by atoms with Crippen molar-refractivity contribution in [2.45, 2.75) is 13.5 Å². The Bertz CT molecular complexity index is 1050. The molecule has 10 heteroatoms. The van der Waals surface area contributed by atoms with Crippen LogP contribution in [0.4, 0.5) is 5.69 Å². The minimum atomic E-state index is -0.479. The summed E-state index contributed by atoms with van der Waals surface area (Å²) in [7, 11) is 1.45. The quantitative estimate of drug-likeness (QED) is 0.490. The smallest absolute Gasteiger partial charge is 0.289 e. The van der Waals surface area contributed by atoms with Crippen molar-refractivity contribution in [3.05, 3.63) is 48.4 Å². The van der Waals surface area contributed by atoms with Gasteiger partial charge in [0.25, 0.3) is 11.6 Å². The first kappa shape index (κ1) is 17.6. The van der Waals surface area contributed by atoms with E-state index in [1.165, 1.54) is 30.6 Å². The number of thiazole rings is 1. The number of hydrogen-bond acceptors (Lipinski definition) is 6. The van der Waals surface area contributed by atoms with Crippen LogP contribution in [0.25, 0.3) is 10.2 Å². The summed E-state index contributed by atoms with van der Waals surface area (Å²) in [6, 6.07) is 6.08. The van der Waals surface area contributed by atoms with E-state index in [0.717, 1.165) is 11.3 Å². The van der Waals surface area contributed by atoms with Gasteiger partial charge in [-0.05, 0) is 19.1 Å². The maximum Gasteiger partial charge on any atom is 0.289 e. The normalized spacial score (nSPS) is 11.9. The van der Waals surface area contributed by atoms with Gasteiger partial charge >= 0.3 is 0 Å². The van der Waals surface area contributed by atoms with Gasteiger partial charge in [-0.25, -0.2) is 0 Å². The lowest BCUT2D eigenvalue weighted by molar-refractivity contribution is -0.384. The summed E-state index contributed by atoms with van der Waals surface area (Å²) < 4.78 is 8.25. The molecular weight excluding hydrogens is 386 g/mol. The van der Waals surface area contributed by atoms with Crippen molar-refractivity contribution in [2.24, 2.45) is 4.99 Å². The average molecular weight is 398 g/mol. The predicted molar refractivity (Wildman–Crippen MR) is 97.9 cm³/mol. The van der Waals surface area contributed by atoms with Crippen LogP contribution in [0, 0.1) is 10.1 Å². The molecule has 0 saturated heterocycles. The van der Waals surface area contributed by atoms with Crippen LogP contribution < -0.4 is 9.54 Å². The van der Waals surface area contributed by atoms with Gasteiger partial charge in [-0.3, -0.25) is 14.9 Å². The van der Waals surface area contributed by atoms with Crippen LogP contribution in [0.1, 0.15) is 16.6 Å². The van der Waals surface area contributed by atoms with Gasteiger partial charge in [-0.15, -0.1) is 11.3 Å². The van der Waals surface area contributed by atoms with E-state index in [-0.39, 0.29) is 5.69 Å². The number of nitro benzene ring substituents is 1. The molecule has 0 bridgehead atoms. The van der Waals surface area contributed by atoms with E-state index in [1.54, 1.807) is 16.7 Å². The molecule has 130 valence electrons. The molecule has 0 aliphatic heterocycles. The zero-order chi connectivity index (χ0) is 18.1. The molecule has 25 heavy (non-hydrogen) atoms. The van der Waals surface area contributed by atoms with Crippen molar-refractivity contribution in [2.75, 3.05) is 7.11 Å². The van der Waals surface area contributed by atoms with E-state index in [2.05, 4.69) is 4.99 Å². The number of methoxy groups -OCH3 is 1. The second kappa shape index (κ2) is 6.95. The Kier molecular flexibility index (Phi) is 4.89. The van der Waals surface area contributed by atoms with Gasteiger partial charge in [0, 0.05) is 12.6 Å². The third-order valence-electron chi connectivity index (χ3n) is 3.45. The van der Waals surface area contributed by atoms with Gasteiger partial charge in [0.05, 0.1) is 32.0 Å². The van der Waals surface area contributed by atoms with Crippen LogP contribution in [-0.2, 0) is 6.54 Å². The molecule has 2 aromatic heterocycles. The fraction of sp³-hybridized carbons (Fsp3) is 0.200. The fourth-order valence-corrected chi connectivity index (χ4v) is 4.44. The number of carbonyl (C=O) groups excluding carboxylic acids is 1. The number of benzene rings is 1. The number of nitrogens with zero attached hydrogens (tertiary/aromatic N) is 3. The Morgan fingerprint density at radius 1 is 1.40 bits per heavy atom. The Labute approximate surface area is 154 Å². The summed E-state index contributed by atoms with van der Waals surface area (Å²) >= 11 is 8.21. The maximum absolute atomic E-state index is 12.3. The zero-order valence-corrected chi connectivity index (χ0v) is 15.6. The van der Waals surface area contributed by atoms with Crippen molar-refractivity contribution in [1.82, 2.24) is 4.57 Å². The van der Waals surface area contributed by atoms with Gasteiger partial charge in [0.2, 0.25) is 0 Å². The van der Waals surface area contributed by atoms with E-state index in [9.17, 15) is 14.9 Å². The first-order valence-electron chi connectivity index (χ1n) is 7.14. The minimum Gasteiger partial charge on any atom is -0.494 e. The van der Waals surface area contributed by atoms with Crippen molar-refractivity contribution in [3.8, 4) is 5.75 Å². The van der Waals surface area contributed by atoms with E-state index < -0.39 is 10.8 Å². The number of thiophene rings is 1. The zero-order valence-electron chi connectivity index (χ0n) is 13.2. The van der Waals surface area contributed by atoms with Crippen molar-refractivity contribution < 1.29 is 14.5 Å². The van der Waals surface area contributed by atoms with Crippen molar-refractivity contribution in [1.29, 1.82) is 0 Å². The van der Waals surface area contributed by atoms with Gasteiger partial charge < -0.3 is 9.30 Å². The molecule has 0 aliphatic rings. The number of amides is 1. The summed E-state index contributed by atoms with van der Waals surface area (Å²) in [5.41, 5.74) is 0.605. The van der Waals surface area contributed by atoms with Crippen molar-refractivity contribution in [3.63, 3.8) is 0 Å². The molecule has 0 radical (unpaired) electrons. The van der Waals surface area contributed by atoms with E-state index in [1.807, 2.05) is 6.92 Å². The minimum absolute atomic E-state index is 0.0724. The fourth-order valence-electron chi connectivity index (χ4n) is 2.37. The Hall–Kier alpha value is -2.23. The molecule has 0 spiro atoms. The molecule has 0 N–H and O–H groups in total. The standard InChI is InChI=1S/C15H12ClN3O4S2/c1-3-18-13-9(23-2)6-8(19(21)22)7-11(13)25-15(18)17-14(20)10-4-5-12(16)24-10/h4-7H,3H2,1-2H3. The molecule has 1 aromatic carbocycles. The van der Waals surface area contributed by atoms with Crippen LogP contribution in [0.5, 0.6) is 5.75 Å². The molecule has 0 fully saturated rings. The third-order valence-corrected chi connectivity index (χ3v) is 5.70. The molecule has 0 unspecified atom stereocenters. The first-order valence-corrected chi connectivity index (χ1v) is 9.15. The molecule has 0 saturated carbocycles.